The molecule has 3 N–H and O–H groups in total. The molecule has 1 aliphatic carbocycles. The van der Waals surface area contributed by atoms with Gasteiger partial charge in [-0.3, -0.25) is 4.98 Å². The Hall–Kier alpha value is -2.87. The molecule has 1 heterocycles. The lowest BCUT2D eigenvalue weighted by atomic mass is 9.92. The molecule has 116 valence electrons. The highest BCUT2D eigenvalue weighted by Crippen LogP contribution is 2.33. The van der Waals surface area contributed by atoms with Crippen LogP contribution in [0.1, 0.15) is 48.3 Å². The van der Waals surface area contributed by atoms with E-state index in [1.54, 1.807) is 25.3 Å². The van der Waals surface area contributed by atoms with Gasteiger partial charge in [0.05, 0.1) is 11.3 Å². The minimum absolute atomic E-state index is 0.131. The Morgan fingerprint density at radius 1 is 1.43 bits per heavy atom. The Kier molecular flexibility index (Phi) is 3.98. The lowest BCUT2D eigenvalue weighted by Crippen LogP contribution is -2.17. The van der Waals surface area contributed by atoms with Crippen molar-refractivity contribution in [3.05, 3.63) is 52.8 Å². The predicted octanol–water partition coefficient (Wildman–Crippen LogP) is 3.38. The van der Waals surface area contributed by atoms with E-state index in [-0.39, 0.29) is 6.10 Å². The molecule has 1 aromatic heterocycles. The minimum Gasteiger partial charge on any atom is -0.484 e. The zero-order valence-corrected chi connectivity index (χ0v) is 13.0. The number of nitrogens with zero attached hydrogens (tertiary/aromatic N) is 2. The Balaban J connectivity index is 1.89. The number of nitrogens with two attached hydrogens (primary N) is 1. The van der Waals surface area contributed by atoms with Crippen molar-refractivity contribution in [3.63, 3.8) is 0 Å². The number of nitriles is 1. The molecule has 0 bridgehead atoms. The summed E-state index contributed by atoms with van der Waals surface area (Å²) in [6, 6.07) is 9.41. The molecular weight excluding hydrogens is 288 g/mol. The number of pyridine rings is 1. The normalized spacial score (nSPS) is 16.3. The van der Waals surface area contributed by atoms with Gasteiger partial charge in [-0.1, -0.05) is 0 Å². The first-order valence-electron chi connectivity index (χ1n) is 7.59. The first-order valence-corrected chi connectivity index (χ1v) is 7.59. The van der Waals surface area contributed by atoms with Gasteiger partial charge in [0.15, 0.2) is 0 Å². The van der Waals surface area contributed by atoms with E-state index in [9.17, 15) is 0 Å². The van der Waals surface area contributed by atoms with E-state index >= 15 is 0 Å². The Morgan fingerprint density at radius 3 is 3.00 bits per heavy atom. The number of fused-ring (bicyclic) bond motifs is 1. The van der Waals surface area contributed by atoms with Gasteiger partial charge in [0.2, 0.25) is 0 Å². The van der Waals surface area contributed by atoms with Crippen molar-refractivity contribution in [2.24, 2.45) is 0 Å². The molecule has 1 aromatic carbocycles. The van der Waals surface area contributed by atoms with Crippen LogP contribution in [0.4, 0.5) is 5.69 Å². The summed E-state index contributed by atoms with van der Waals surface area (Å²) in [6.07, 6.45) is 4.27. The summed E-state index contributed by atoms with van der Waals surface area (Å²) in [5.41, 5.74) is 10.1. The van der Waals surface area contributed by atoms with Crippen molar-refractivity contribution in [1.29, 1.82) is 10.7 Å². The summed E-state index contributed by atoms with van der Waals surface area (Å²) in [5.74, 6) is 0.685. The third-order valence-electron chi connectivity index (χ3n) is 4.06. The van der Waals surface area contributed by atoms with E-state index in [1.807, 2.05) is 12.1 Å². The molecule has 5 heteroatoms. The third-order valence-corrected chi connectivity index (χ3v) is 4.06. The van der Waals surface area contributed by atoms with Gasteiger partial charge in [0.1, 0.15) is 17.9 Å². The second kappa shape index (κ2) is 6.09. The van der Waals surface area contributed by atoms with E-state index in [0.29, 0.717) is 28.3 Å². The summed E-state index contributed by atoms with van der Waals surface area (Å²) in [5, 5.41) is 16.8. The van der Waals surface area contributed by atoms with E-state index in [2.05, 4.69) is 11.1 Å². The van der Waals surface area contributed by atoms with Crippen LogP contribution in [0, 0.1) is 16.7 Å². The largest absolute Gasteiger partial charge is 0.484 e. The molecule has 0 radical (unpaired) electrons. The number of hydrogen-bond donors (Lipinski definition) is 2. The topological polar surface area (TPSA) is 95.8 Å². The van der Waals surface area contributed by atoms with E-state index < -0.39 is 0 Å². The maximum Gasteiger partial charge on any atom is 0.141 e. The summed E-state index contributed by atoms with van der Waals surface area (Å²) in [7, 11) is 0. The highest BCUT2D eigenvalue weighted by atomic mass is 16.5. The predicted molar refractivity (Wildman–Crippen MR) is 88.6 cm³/mol. The monoisotopic (exact) mass is 306 g/mol. The smallest absolute Gasteiger partial charge is 0.141 e. The summed E-state index contributed by atoms with van der Waals surface area (Å²) in [6.45, 7) is 1.70. The van der Waals surface area contributed by atoms with Gasteiger partial charge in [0.25, 0.3) is 0 Å². The lowest BCUT2D eigenvalue weighted by Gasteiger charge is -2.25. The zero-order chi connectivity index (χ0) is 16.4. The van der Waals surface area contributed by atoms with Crippen molar-refractivity contribution >= 4 is 11.4 Å². The van der Waals surface area contributed by atoms with Crippen LogP contribution in [0.2, 0.25) is 0 Å². The standard InChI is InChI=1S/C18H18N4O/c1-11(20)15-8-14(5-6-16(15)21)23-17-4-2-3-13-7-12(9-19)10-22-18(13)17/h5-8,10,17,20H,2-4,21H2,1H3. The summed E-state index contributed by atoms with van der Waals surface area (Å²) >= 11 is 0. The highest BCUT2D eigenvalue weighted by Gasteiger charge is 2.24. The molecule has 1 unspecified atom stereocenters. The molecule has 0 saturated carbocycles. The van der Waals surface area contributed by atoms with Gasteiger partial charge in [-0.15, -0.1) is 0 Å². The van der Waals surface area contributed by atoms with Gasteiger partial charge in [-0.2, -0.15) is 5.26 Å². The lowest BCUT2D eigenvalue weighted by molar-refractivity contribution is 0.178. The minimum atomic E-state index is -0.131. The van der Waals surface area contributed by atoms with Gasteiger partial charge >= 0.3 is 0 Å². The first kappa shape index (κ1) is 15.0. The SMILES string of the molecule is CC(=N)c1cc(OC2CCCc3cc(C#N)cnc32)ccc1N. The quantitative estimate of drug-likeness (QED) is 0.671. The van der Waals surface area contributed by atoms with Crippen molar-refractivity contribution in [2.45, 2.75) is 32.3 Å². The number of aromatic nitrogens is 1. The average molecular weight is 306 g/mol. The molecule has 0 amide bonds. The van der Waals surface area contributed by atoms with Gasteiger partial charge in [-0.25, -0.2) is 0 Å². The van der Waals surface area contributed by atoms with Crippen LogP contribution in [0.25, 0.3) is 0 Å². The maximum absolute atomic E-state index is 9.00. The van der Waals surface area contributed by atoms with Gasteiger partial charge < -0.3 is 15.9 Å². The van der Waals surface area contributed by atoms with Crippen molar-refractivity contribution in [1.82, 2.24) is 4.98 Å². The zero-order valence-electron chi connectivity index (χ0n) is 13.0. The van der Waals surface area contributed by atoms with Crippen LogP contribution >= 0.6 is 0 Å². The Labute approximate surface area is 135 Å². The summed E-state index contributed by atoms with van der Waals surface area (Å²) in [4.78, 5) is 4.43. The Bertz CT molecular complexity index is 807. The van der Waals surface area contributed by atoms with Crippen LogP contribution in [-0.4, -0.2) is 10.7 Å². The first-order chi connectivity index (χ1) is 11.1. The molecule has 0 aliphatic heterocycles. The average Bonchev–Trinajstić information content (AvgIpc) is 2.56. The molecule has 5 nitrogen and oxygen atoms in total. The van der Waals surface area contributed by atoms with Crippen LogP contribution < -0.4 is 10.5 Å². The molecule has 0 spiro atoms. The number of hydrogen-bond acceptors (Lipinski definition) is 5. The molecule has 0 saturated heterocycles. The molecule has 1 aliphatic rings. The number of anilines is 1. The number of rotatable bonds is 3. The van der Waals surface area contributed by atoms with E-state index in [0.717, 1.165) is 30.5 Å². The Morgan fingerprint density at radius 2 is 2.26 bits per heavy atom. The molecule has 1 atom stereocenters. The van der Waals surface area contributed by atoms with E-state index in [1.165, 1.54) is 0 Å². The van der Waals surface area contributed by atoms with E-state index in [4.69, 9.17) is 21.1 Å². The fourth-order valence-electron chi connectivity index (χ4n) is 2.90. The molecule has 2 aromatic rings. The molecular formula is C18H18N4O. The number of nitrogen functional groups attached to an aromatic ring is 1. The van der Waals surface area contributed by atoms with Crippen LogP contribution in [0.5, 0.6) is 5.75 Å². The van der Waals surface area contributed by atoms with Crippen molar-refractivity contribution in [3.8, 4) is 11.8 Å². The van der Waals surface area contributed by atoms with Gasteiger partial charge in [-0.05, 0) is 56.0 Å². The number of nitrogens with one attached hydrogen (secondary N) is 1. The van der Waals surface area contributed by atoms with Crippen molar-refractivity contribution < 1.29 is 4.74 Å². The second-order valence-corrected chi connectivity index (χ2v) is 5.75. The van der Waals surface area contributed by atoms with Crippen LogP contribution in [0.15, 0.2) is 30.5 Å². The maximum atomic E-state index is 9.00. The van der Waals surface area contributed by atoms with Gasteiger partial charge in [0, 0.05) is 23.2 Å². The second-order valence-electron chi connectivity index (χ2n) is 5.75. The molecule has 3 rings (SSSR count). The van der Waals surface area contributed by atoms with Crippen LogP contribution in [-0.2, 0) is 6.42 Å². The number of aryl methyl sites for hydroxylation is 1. The molecule has 23 heavy (non-hydrogen) atoms. The number of benzene rings is 1. The third kappa shape index (κ3) is 3.02. The number of ether oxygens (including phenoxy) is 1. The summed E-state index contributed by atoms with van der Waals surface area (Å²) < 4.78 is 6.10. The van der Waals surface area contributed by atoms with Crippen molar-refractivity contribution in [2.75, 3.05) is 5.73 Å². The van der Waals surface area contributed by atoms with Crippen LogP contribution in [0.3, 0.4) is 0 Å². The fourth-order valence-corrected chi connectivity index (χ4v) is 2.90. The fraction of sp³-hybridized carbons (Fsp3) is 0.278. The molecule has 0 fully saturated rings. The highest BCUT2D eigenvalue weighted by molar-refractivity contribution is 6.01.